The average Bonchev–Trinajstić information content (AvgIpc) is 3.10. The number of hydrogen-bond donors (Lipinski definition) is 0. The smallest absolute Gasteiger partial charge is 0.249 e. The minimum Gasteiger partial charge on any atom is -0.337 e. The van der Waals surface area contributed by atoms with Crippen LogP contribution in [0.25, 0.3) is 11.4 Å². The molecule has 1 aromatic carbocycles. The van der Waals surface area contributed by atoms with Gasteiger partial charge in [0.25, 0.3) is 0 Å². The standard InChI is InChI=1S/C22H30ClN3O2/c1-15(14-22(2,3)4)13-19(27)26-12-6-5-7-18(26)21-24-20(25-28-21)16-8-10-17(23)11-9-16/h8-11,15,18H,5-7,12-14H2,1-4H3/t15-,18-/m0/s1. The first-order valence-corrected chi connectivity index (χ1v) is 10.5. The molecule has 152 valence electrons. The fourth-order valence-corrected chi connectivity index (χ4v) is 4.23. The molecule has 1 saturated heterocycles. The summed E-state index contributed by atoms with van der Waals surface area (Å²) in [5.41, 5.74) is 1.08. The maximum absolute atomic E-state index is 13.0. The van der Waals surface area contributed by atoms with Gasteiger partial charge in [0.15, 0.2) is 0 Å². The lowest BCUT2D eigenvalue weighted by Crippen LogP contribution is -2.39. The van der Waals surface area contributed by atoms with E-state index < -0.39 is 0 Å². The lowest BCUT2D eigenvalue weighted by Gasteiger charge is -2.34. The van der Waals surface area contributed by atoms with Gasteiger partial charge >= 0.3 is 0 Å². The van der Waals surface area contributed by atoms with Crippen LogP contribution in [0.5, 0.6) is 0 Å². The Morgan fingerprint density at radius 2 is 2.00 bits per heavy atom. The third kappa shape index (κ3) is 5.34. The molecular formula is C22H30ClN3O2. The second kappa shape index (κ2) is 8.64. The molecule has 0 N–H and O–H groups in total. The molecule has 2 heterocycles. The molecule has 1 fully saturated rings. The monoisotopic (exact) mass is 403 g/mol. The highest BCUT2D eigenvalue weighted by atomic mass is 35.5. The minimum atomic E-state index is -0.128. The van der Waals surface area contributed by atoms with Crippen molar-refractivity contribution in [2.75, 3.05) is 6.54 Å². The van der Waals surface area contributed by atoms with Crippen LogP contribution in [0.4, 0.5) is 0 Å². The number of carbonyl (C=O) groups excluding carboxylic acids is 1. The lowest BCUT2D eigenvalue weighted by molar-refractivity contribution is -0.136. The van der Waals surface area contributed by atoms with E-state index in [0.717, 1.165) is 37.8 Å². The van der Waals surface area contributed by atoms with Crippen LogP contribution < -0.4 is 0 Å². The van der Waals surface area contributed by atoms with Crippen LogP contribution >= 0.6 is 11.6 Å². The number of likely N-dealkylation sites (tertiary alicyclic amines) is 1. The Hall–Kier alpha value is -1.88. The van der Waals surface area contributed by atoms with Gasteiger partial charge < -0.3 is 9.42 Å². The zero-order chi connectivity index (χ0) is 20.3. The summed E-state index contributed by atoms with van der Waals surface area (Å²) in [4.78, 5) is 19.6. The second-order valence-electron chi connectivity index (χ2n) is 9.14. The predicted molar refractivity (Wildman–Crippen MR) is 111 cm³/mol. The van der Waals surface area contributed by atoms with Crippen LogP contribution in [-0.4, -0.2) is 27.5 Å². The summed E-state index contributed by atoms with van der Waals surface area (Å²) >= 11 is 5.95. The number of benzene rings is 1. The van der Waals surface area contributed by atoms with Gasteiger partial charge in [-0.3, -0.25) is 4.79 Å². The van der Waals surface area contributed by atoms with E-state index in [2.05, 4.69) is 37.8 Å². The van der Waals surface area contributed by atoms with E-state index in [0.29, 0.717) is 29.1 Å². The molecule has 0 spiro atoms. The van der Waals surface area contributed by atoms with E-state index in [1.54, 1.807) is 12.1 Å². The third-order valence-electron chi connectivity index (χ3n) is 5.14. The Balaban J connectivity index is 1.73. The molecule has 1 aromatic heterocycles. The summed E-state index contributed by atoms with van der Waals surface area (Å²) in [6, 6.07) is 7.22. The summed E-state index contributed by atoms with van der Waals surface area (Å²) in [5.74, 6) is 1.60. The Morgan fingerprint density at radius 1 is 1.29 bits per heavy atom. The van der Waals surface area contributed by atoms with Crippen molar-refractivity contribution in [3.63, 3.8) is 0 Å². The fraction of sp³-hybridized carbons (Fsp3) is 0.591. The van der Waals surface area contributed by atoms with Crippen LogP contribution in [0, 0.1) is 11.3 Å². The highest BCUT2D eigenvalue weighted by Gasteiger charge is 2.33. The van der Waals surface area contributed by atoms with Gasteiger partial charge in [-0.15, -0.1) is 0 Å². The molecule has 2 aromatic rings. The zero-order valence-corrected chi connectivity index (χ0v) is 18.0. The molecule has 0 bridgehead atoms. The number of hydrogen-bond acceptors (Lipinski definition) is 4. The van der Waals surface area contributed by atoms with Crippen LogP contribution in [0.1, 0.15) is 71.7 Å². The van der Waals surface area contributed by atoms with Crippen LogP contribution in [0.3, 0.4) is 0 Å². The van der Waals surface area contributed by atoms with E-state index in [1.807, 2.05) is 17.0 Å². The number of rotatable bonds is 5. The molecular weight excluding hydrogens is 374 g/mol. The molecule has 1 aliphatic heterocycles. The Bertz CT molecular complexity index is 795. The highest BCUT2D eigenvalue weighted by Crippen LogP contribution is 2.33. The summed E-state index contributed by atoms with van der Waals surface area (Å²) in [7, 11) is 0. The molecule has 5 nitrogen and oxygen atoms in total. The van der Waals surface area contributed by atoms with Crippen molar-refractivity contribution in [2.24, 2.45) is 11.3 Å². The molecule has 1 amide bonds. The number of carbonyl (C=O) groups is 1. The molecule has 2 atom stereocenters. The van der Waals surface area contributed by atoms with Gasteiger partial charge in [-0.2, -0.15) is 4.98 Å². The maximum atomic E-state index is 13.0. The van der Waals surface area contributed by atoms with Crippen LogP contribution in [0.15, 0.2) is 28.8 Å². The normalized spacial score (nSPS) is 18.9. The number of halogens is 1. The first kappa shape index (κ1) is 20.8. The summed E-state index contributed by atoms with van der Waals surface area (Å²) in [6.07, 6.45) is 4.53. The van der Waals surface area contributed by atoms with E-state index in [4.69, 9.17) is 16.1 Å². The molecule has 0 saturated carbocycles. The second-order valence-corrected chi connectivity index (χ2v) is 9.57. The molecule has 6 heteroatoms. The third-order valence-corrected chi connectivity index (χ3v) is 5.39. The molecule has 3 rings (SSSR count). The van der Waals surface area contributed by atoms with Crippen molar-refractivity contribution in [1.29, 1.82) is 0 Å². The molecule has 1 aliphatic rings. The average molecular weight is 404 g/mol. The Labute approximate surface area is 172 Å². The molecule has 0 unspecified atom stereocenters. The summed E-state index contributed by atoms with van der Waals surface area (Å²) in [5, 5.41) is 4.79. The topological polar surface area (TPSA) is 59.2 Å². The highest BCUT2D eigenvalue weighted by molar-refractivity contribution is 6.30. The van der Waals surface area contributed by atoms with Crippen molar-refractivity contribution < 1.29 is 9.32 Å². The van der Waals surface area contributed by atoms with Gasteiger partial charge in [-0.1, -0.05) is 44.5 Å². The van der Waals surface area contributed by atoms with Crippen molar-refractivity contribution in [1.82, 2.24) is 15.0 Å². The van der Waals surface area contributed by atoms with Crippen LogP contribution in [-0.2, 0) is 4.79 Å². The lowest BCUT2D eigenvalue weighted by atomic mass is 9.84. The number of nitrogens with zero attached hydrogens (tertiary/aromatic N) is 3. The number of amides is 1. The van der Waals surface area contributed by atoms with Crippen molar-refractivity contribution >= 4 is 17.5 Å². The van der Waals surface area contributed by atoms with E-state index in [9.17, 15) is 4.79 Å². The van der Waals surface area contributed by atoms with E-state index in [-0.39, 0.29) is 17.4 Å². The van der Waals surface area contributed by atoms with Crippen molar-refractivity contribution in [2.45, 2.75) is 65.8 Å². The fourth-order valence-electron chi connectivity index (χ4n) is 4.11. The largest absolute Gasteiger partial charge is 0.337 e. The van der Waals surface area contributed by atoms with Gasteiger partial charge in [0, 0.05) is 23.6 Å². The van der Waals surface area contributed by atoms with E-state index in [1.165, 1.54) is 0 Å². The van der Waals surface area contributed by atoms with Gasteiger partial charge in [0.05, 0.1) is 0 Å². The first-order chi connectivity index (χ1) is 13.2. The first-order valence-electron chi connectivity index (χ1n) is 10.1. The van der Waals surface area contributed by atoms with Crippen LogP contribution in [0.2, 0.25) is 5.02 Å². The van der Waals surface area contributed by atoms with Gasteiger partial charge in [-0.05, 0) is 61.3 Å². The zero-order valence-electron chi connectivity index (χ0n) is 17.2. The number of piperidine rings is 1. The van der Waals surface area contributed by atoms with Gasteiger partial charge in [0.2, 0.25) is 17.6 Å². The summed E-state index contributed by atoms with van der Waals surface area (Å²) < 4.78 is 5.57. The minimum absolute atomic E-state index is 0.128. The Morgan fingerprint density at radius 3 is 2.68 bits per heavy atom. The van der Waals surface area contributed by atoms with Crippen molar-refractivity contribution in [3.05, 3.63) is 35.2 Å². The quantitative estimate of drug-likeness (QED) is 0.622. The molecule has 28 heavy (non-hydrogen) atoms. The van der Waals surface area contributed by atoms with E-state index >= 15 is 0 Å². The predicted octanol–water partition coefficient (Wildman–Crippen LogP) is 5.91. The number of aromatic nitrogens is 2. The molecule has 0 radical (unpaired) electrons. The maximum Gasteiger partial charge on any atom is 0.249 e. The SMILES string of the molecule is C[C@@H](CC(=O)N1CCCC[C@H]1c1nc(-c2ccc(Cl)cc2)no1)CC(C)(C)C. The summed E-state index contributed by atoms with van der Waals surface area (Å²) in [6.45, 7) is 9.56. The van der Waals surface area contributed by atoms with Crippen molar-refractivity contribution in [3.8, 4) is 11.4 Å². The molecule has 0 aliphatic carbocycles. The Kier molecular flexibility index (Phi) is 6.43. The van der Waals surface area contributed by atoms with Gasteiger partial charge in [0.1, 0.15) is 6.04 Å². The van der Waals surface area contributed by atoms with Gasteiger partial charge in [-0.25, -0.2) is 0 Å².